The molecular weight excluding hydrogens is 272 g/mol. The molecule has 0 unspecified atom stereocenters. The van der Waals surface area contributed by atoms with E-state index >= 15 is 0 Å². The number of para-hydroxylation sites is 1. The Labute approximate surface area is 121 Å². The standard InChI is InChI=1S/C16H13ClN2O/c17-12-4-1-5-14-15(12)20-16(19-14)11-6-7-13-10(9-11)3-2-8-18-13/h1,4-7,9,18H,2-3,8H2. The Bertz CT molecular complexity index is 794. The number of anilines is 1. The molecule has 1 N–H and O–H groups in total. The van der Waals surface area contributed by atoms with E-state index in [1.54, 1.807) is 0 Å². The highest BCUT2D eigenvalue weighted by molar-refractivity contribution is 6.34. The van der Waals surface area contributed by atoms with Crippen molar-refractivity contribution < 1.29 is 4.42 Å². The van der Waals surface area contributed by atoms with Gasteiger partial charge in [-0.15, -0.1) is 0 Å². The largest absolute Gasteiger partial charge is 0.435 e. The van der Waals surface area contributed by atoms with Crippen LogP contribution in [0.3, 0.4) is 0 Å². The lowest BCUT2D eigenvalue weighted by Gasteiger charge is -2.17. The van der Waals surface area contributed by atoms with Crippen LogP contribution in [0.15, 0.2) is 40.8 Å². The third-order valence-electron chi connectivity index (χ3n) is 3.66. The van der Waals surface area contributed by atoms with Crippen molar-refractivity contribution in [3.63, 3.8) is 0 Å². The molecule has 1 aromatic heterocycles. The minimum absolute atomic E-state index is 0.598. The van der Waals surface area contributed by atoms with Crippen LogP contribution in [0.25, 0.3) is 22.6 Å². The van der Waals surface area contributed by atoms with E-state index in [1.165, 1.54) is 11.3 Å². The van der Waals surface area contributed by atoms with Crippen LogP contribution >= 0.6 is 11.6 Å². The molecule has 0 fully saturated rings. The predicted molar refractivity (Wildman–Crippen MR) is 81.3 cm³/mol. The lowest BCUT2D eigenvalue weighted by Crippen LogP contribution is -2.11. The molecule has 3 nitrogen and oxygen atoms in total. The molecule has 4 rings (SSSR count). The topological polar surface area (TPSA) is 38.1 Å². The van der Waals surface area contributed by atoms with Crippen LogP contribution in [0.5, 0.6) is 0 Å². The summed E-state index contributed by atoms with van der Waals surface area (Å²) in [6.07, 6.45) is 2.26. The number of oxazole rings is 1. The molecule has 0 bridgehead atoms. The summed E-state index contributed by atoms with van der Waals surface area (Å²) in [5, 5.41) is 4.00. The Morgan fingerprint density at radius 2 is 2.15 bits per heavy atom. The lowest BCUT2D eigenvalue weighted by molar-refractivity contribution is 0.619. The summed E-state index contributed by atoms with van der Waals surface area (Å²) in [7, 11) is 0. The van der Waals surface area contributed by atoms with Crippen LogP contribution < -0.4 is 5.32 Å². The first kappa shape index (κ1) is 11.8. The van der Waals surface area contributed by atoms with Gasteiger partial charge < -0.3 is 9.73 Å². The van der Waals surface area contributed by atoms with E-state index in [0.717, 1.165) is 30.5 Å². The molecule has 0 spiro atoms. The van der Waals surface area contributed by atoms with Crippen molar-refractivity contribution in [3.8, 4) is 11.5 Å². The minimum Gasteiger partial charge on any atom is -0.435 e. The number of hydrogen-bond donors (Lipinski definition) is 1. The maximum absolute atomic E-state index is 6.13. The van der Waals surface area contributed by atoms with E-state index in [-0.39, 0.29) is 0 Å². The second-order valence-electron chi connectivity index (χ2n) is 5.01. The Morgan fingerprint density at radius 3 is 3.05 bits per heavy atom. The van der Waals surface area contributed by atoms with Crippen LogP contribution in [0, 0.1) is 0 Å². The smallest absolute Gasteiger partial charge is 0.227 e. The number of aromatic nitrogens is 1. The number of aryl methyl sites for hydroxylation is 1. The van der Waals surface area contributed by atoms with Gasteiger partial charge >= 0.3 is 0 Å². The zero-order valence-corrected chi connectivity index (χ0v) is 11.6. The summed E-state index contributed by atoms with van der Waals surface area (Å²) < 4.78 is 5.81. The summed E-state index contributed by atoms with van der Waals surface area (Å²) in [6, 6.07) is 11.9. The Morgan fingerprint density at radius 1 is 1.20 bits per heavy atom. The van der Waals surface area contributed by atoms with Gasteiger partial charge in [0, 0.05) is 17.8 Å². The molecule has 20 heavy (non-hydrogen) atoms. The molecule has 1 aliphatic heterocycles. The van der Waals surface area contributed by atoms with Crippen molar-refractivity contribution in [1.82, 2.24) is 4.98 Å². The normalized spacial score (nSPS) is 14.1. The average molecular weight is 285 g/mol. The first-order chi connectivity index (χ1) is 9.81. The number of nitrogens with zero attached hydrogens (tertiary/aromatic N) is 1. The summed E-state index contributed by atoms with van der Waals surface area (Å²) >= 11 is 6.13. The number of benzene rings is 2. The highest BCUT2D eigenvalue weighted by atomic mass is 35.5. The molecule has 0 radical (unpaired) electrons. The molecule has 0 saturated heterocycles. The summed E-state index contributed by atoms with van der Waals surface area (Å²) in [6.45, 7) is 1.05. The van der Waals surface area contributed by atoms with Gasteiger partial charge in [0.05, 0.1) is 5.02 Å². The second kappa shape index (κ2) is 4.53. The molecule has 0 atom stereocenters. The van der Waals surface area contributed by atoms with Gasteiger partial charge in [0.15, 0.2) is 5.58 Å². The molecule has 0 aliphatic carbocycles. The van der Waals surface area contributed by atoms with E-state index in [1.807, 2.05) is 24.3 Å². The van der Waals surface area contributed by atoms with Gasteiger partial charge in [0.1, 0.15) is 5.52 Å². The average Bonchev–Trinajstić information content (AvgIpc) is 2.92. The Hall–Kier alpha value is -2.00. The Balaban J connectivity index is 1.84. The number of nitrogens with one attached hydrogen (secondary N) is 1. The molecule has 2 heterocycles. The molecule has 1 aliphatic rings. The first-order valence-electron chi connectivity index (χ1n) is 6.73. The quantitative estimate of drug-likeness (QED) is 0.714. The van der Waals surface area contributed by atoms with E-state index in [9.17, 15) is 0 Å². The van der Waals surface area contributed by atoms with Crippen LogP contribution in [-0.4, -0.2) is 11.5 Å². The van der Waals surface area contributed by atoms with Gasteiger partial charge in [0.25, 0.3) is 0 Å². The Kier molecular flexibility index (Phi) is 2.67. The van der Waals surface area contributed by atoms with Gasteiger partial charge in [0.2, 0.25) is 5.89 Å². The van der Waals surface area contributed by atoms with Gasteiger partial charge in [-0.2, -0.15) is 0 Å². The number of rotatable bonds is 1. The van der Waals surface area contributed by atoms with Gasteiger partial charge in [-0.3, -0.25) is 0 Å². The molecule has 4 heteroatoms. The maximum Gasteiger partial charge on any atom is 0.227 e. The summed E-state index contributed by atoms with van der Waals surface area (Å²) in [4.78, 5) is 4.52. The summed E-state index contributed by atoms with van der Waals surface area (Å²) in [5.41, 5.74) is 4.99. The van der Waals surface area contributed by atoms with Gasteiger partial charge in [-0.1, -0.05) is 17.7 Å². The maximum atomic E-state index is 6.13. The predicted octanol–water partition coefficient (Wildman–Crippen LogP) is 4.51. The molecule has 0 saturated carbocycles. The number of fused-ring (bicyclic) bond motifs is 2. The van der Waals surface area contributed by atoms with E-state index in [0.29, 0.717) is 16.5 Å². The second-order valence-corrected chi connectivity index (χ2v) is 5.42. The zero-order valence-electron chi connectivity index (χ0n) is 10.8. The fraction of sp³-hybridized carbons (Fsp3) is 0.188. The van der Waals surface area contributed by atoms with Crippen molar-refractivity contribution in [1.29, 1.82) is 0 Å². The van der Waals surface area contributed by atoms with Crippen LogP contribution in [-0.2, 0) is 6.42 Å². The first-order valence-corrected chi connectivity index (χ1v) is 7.11. The van der Waals surface area contributed by atoms with Crippen molar-refractivity contribution in [2.24, 2.45) is 0 Å². The van der Waals surface area contributed by atoms with Crippen molar-refractivity contribution >= 4 is 28.4 Å². The molecule has 0 amide bonds. The van der Waals surface area contributed by atoms with Crippen LogP contribution in [0.2, 0.25) is 5.02 Å². The minimum atomic E-state index is 0.598. The zero-order chi connectivity index (χ0) is 13.5. The lowest BCUT2D eigenvalue weighted by atomic mass is 10.0. The molecule has 100 valence electrons. The van der Waals surface area contributed by atoms with Crippen LogP contribution in [0.4, 0.5) is 5.69 Å². The molecule has 3 aromatic rings. The molecule has 2 aromatic carbocycles. The van der Waals surface area contributed by atoms with Crippen molar-refractivity contribution in [3.05, 3.63) is 47.0 Å². The molecular formula is C16H13ClN2O. The van der Waals surface area contributed by atoms with Crippen molar-refractivity contribution in [2.45, 2.75) is 12.8 Å². The van der Waals surface area contributed by atoms with E-state index in [2.05, 4.69) is 22.4 Å². The fourth-order valence-electron chi connectivity index (χ4n) is 2.65. The highest BCUT2D eigenvalue weighted by Gasteiger charge is 2.14. The van der Waals surface area contributed by atoms with E-state index in [4.69, 9.17) is 16.0 Å². The fourth-order valence-corrected chi connectivity index (χ4v) is 2.85. The van der Waals surface area contributed by atoms with Gasteiger partial charge in [-0.25, -0.2) is 4.98 Å². The monoisotopic (exact) mass is 284 g/mol. The summed E-state index contributed by atoms with van der Waals surface area (Å²) in [5.74, 6) is 0.626. The van der Waals surface area contributed by atoms with Gasteiger partial charge in [-0.05, 0) is 48.7 Å². The third-order valence-corrected chi connectivity index (χ3v) is 3.96. The van der Waals surface area contributed by atoms with Crippen molar-refractivity contribution in [2.75, 3.05) is 11.9 Å². The highest BCUT2D eigenvalue weighted by Crippen LogP contribution is 2.32. The van der Waals surface area contributed by atoms with Crippen LogP contribution in [0.1, 0.15) is 12.0 Å². The van der Waals surface area contributed by atoms with E-state index < -0.39 is 0 Å². The SMILES string of the molecule is Clc1cccc2nc(-c3ccc4c(c3)CCCN4)oc12. The number of halogens is 1. The third kappa shape index (κ3) is 1.86. The number of hydrogen-bond acceptors (Lipinski definition) is 3.